The Labute approximate surface area is 82.8 Å². The Morgan fingerprint density at radius 1 is 1.77 bits per heavy atom. The van der Waals surface area contributed by atoms with Gasteiger partial charge in [0.15, 0.2) is 5.82 Å². The fourth-order valence-electron chi connectivity index (χ4n) is 1.13. The zero-order valence-electron chi connectivity index (χ0n) is 6.64. The van der Waals surface area contributed by atoms with Crippen LogP contribution >= 0.6 is 15.9 Å². The summed E-state index contributed by atoms with van der Waals surface area (Å²) in [6.45, 7) is 0.511. The molecule has 0 bridgehead atoms. The van der Waals surface area contributed by atoms with Crippen molar-refractivity contribution in [3.05, 3.63) is 12.3 Å². The summed E-state index contributed by atoms with van der Waals surface area (Å²) in [5.74, 6) is 0.494. The summed E-state index contributed by atoms with van der Waals surface area (Å²) in [6, 6.07) is 1.62. The van der Waals surface area contributed by atoms with E-state index in [0.717, 1.165) is 0 Å². The standard InChI is InChI=1S/C7H7BrN2O3/c8-3-5-4-10(7(11)13-5)6-1-2-12-9-6/h1-2,5H,3-4H2. The van der Waals surface area contributed by atoms with Gasteiger partial charge in [-0.2, -0.15) is 0 Å². The number of hydrogen-bond acceptors (Lipinski definition) is 4. The first kappa shape index (κ1) is 8.55. The molecular formula is C7H7BrN2O3. The highest BCUT2D eigenvalue weighted by molar-refractivity contribution is 9.09. The maximum absolute atomic E-state index is 11.2. The molecule has 1 aromatic rings. The Balaban J connectivity index is 2.14. The summed E-state index contributed by atoms with van der Waals surface area (Å²) in [5.41, 5.74) is 0. The van der Waals surface area contributed by atoms with Crippen molar-refractivity contribution >= 4 is 27.8 Å². The molecule has 1 amide bonds. The molecule has 1 atom stereocenters. The van der Waals surface area contributed by atoms with Crippen molar-refractivity contribution < 1.29 is 14.1 Å². The van der Waals surface area contributed by atoms with Crippen molar-refractivity contribution in [3.8, 4) is 0 Å². The van der Waals surface area contributed by atoms with Gasteiger partial charge in [0.2, 0.25) is 0 Å². The fraction of sp³-hybridized carbons (Fsp3) is 0.429. The van der Waals surface area contributed by atoms with Crippen LogP contribution < -0.4 is 4.90 Å². The Kier molecular flexibility index (Phi) is 2.22. The lowest BCUT2D eigenvalue weighted by molar-refractivity contribution is 0.152. The average Bonchev–Trinajstić information content (AvgIpc) is 2.72. The smallest absolute Gasteiger partial charge is 0.416 e. The van der Waals surface area contributed by atoms with Gasteiger partial charge in [-0.05, 0) is 0 Å². The van der Waals surface area contributed by atoms with Crippen LogP contribution in [0.25, 0.3) is 0 Å². The second-order valence-electron chi connectivity index (χ2n) is 2.63. The predicted molar refractivity (Wildman–Crippen MR) is 47.9 cm³/mol. The van der Waals surface area contributed by atoms with Crippen molar-refractivity contribution in [2.45, 2.75) is 6.10 Å². The number of cyclic esters (lactones) is 1. The van der Waals surface area contributed by atoms with Crippen LogP contribution in [0.5, 0.6) is 0 Å². The highest BCUT2D eigenvalue weighted by Crippen LogP contribution is 2.19. The van der Waals surface area contributed by atoms with Gasteiger partial charge in [-0.3, -0.25) is 4.90 Å². The number of nitrogens with zero attached hydrogens (tertiary/aromatic N) is 2. The Morgan fingerprint density at radius 3 is 3.15 bits per heavy atom. The minimum atomic E-state index is -0.377. The summed E-state index contributed by atoms with van der Waals surface area (Å²) in [4.78, 5) is 12.7. The van der Waals surface area contributed by atoms with Gasteiger partial charge in [0.05, 0.1) is 6.54 Å². The summed E-state index contributed by atoms with van der Waals surface area (Å²) in [5, 5.41) is 4.28. The van der Waals surface area contributed by atoms with Crippen molar-refractivity contribution in [2.75, 3.05) is 16.8 Å². The van der Waals surface area contributed by atoms with Gasteiger partial charge in [-0.25, -0.2) is 4.79 Å². The minimum absolute atomic E-state index is 0.107. The molecule has 0 saturated carbocycles. The molecule has 2 rings (SSSR count). The lowest BCUT2D eigenvalue weighted by Crippen LogP contribution is -2.24. The van der Waals surface area contributed by atoms with E-state index < -0.39 is 0 Å². The van der Waals surface area contributed by atoms with Gasteiger partial charge in [0.1, 0.15) is 12.4 Å². The molecule has 0 spiro atoms. The Bertz CT molecular complexity index is 301. The van der Waals surface area contributed by atoms with Crippen LogP contribution in [0.15, 0.2) is 16.9 Å². The molecule has 6 heteroatoms. The van der Waals surface area contributed by atoms with Gasteiger partial charge in [-0.1, -0.05) is 21.1 Å². The molecule has 70 valence electrons. The first-order valence-electron chi connectivity index (χ1n) is 3.76. The van der Waals surface area contributed by atoms with Gasteiger partial charge in [0.25, 0.3) is 0 Å². The van der Waals surface area contributed by atoms with E-state index in [2.05, 4.69) is 25.6 Å². The molecule has 0 aliphatic carbocycles. The van der Waals surface area contributed by atoms with Crippen LogP contribution in [0.4, 0.5) is 10.6 Å². The van der Waals surface area contributed by atoms with E-state index in [1.807, 2.05) is 0 Å². The number of amides is 1. The quantitative estimate of drug-likeness (QED) is 0.741. The lowest BCUT2D eigenvalue weighted by Gasteiger charge is -2.06. The zero-order chi connectivity index (χ0) is 9.26. The largest absolute Gasteiger partial charge is 0.443 e. The van der Waals surface area contributed by atoms with Crippen LogP contribution in [0, 0.1) is 0 Å². The molecule has 1 fully saturated rings. The number of aromatic nitrogens is 1. The van der Waals surface area contributed by atoms with Crippen molar-refractivity contribution in [1.82, 2.24) is 5.16 Å². The van der Waals surface area contributed by atoms with Gasteiger partial charge >= 0.3 is 6.09 Å². The number of halogens is 1. The number of ether oxygens (including phenoxy) is 1. The van der Waals surface area contributed by atoms with Gasteiger partial charge < -0.3 is 9.26 Å². The van der Waals surface area contributed by atoms with Gasteiger partial charge in [0, 0.05) is 11.4 Å². The number of alkyl halides is 1. The molecule has 5 nitrogen and oxygen atoms in total. The van der Waals surface area contributed by atoms with E-state index in [0.29, 0.717) is 17.7 Å². The third kappa shape index (κ3) is 1.53. The van der Waals surface area contributed by atoms with E-state index in [4.69, 9.17) is 4.74 Å². The monoisotopic (exact) mass is 246 g/mol. The van der Waals surface area contributed by atoms with E-state index in [-0.39, 0.29) is 12.2 Å². The lowest BCUT2D eigenvalue weighted by atomic mass is 10.4. The molecule has 0 aromatic carbocycles. The average molecular weight is 247 g/mol. The summed E-state index contributed by atoms with van der Waals surface area (Å²) < 4.78 is 9.64. The minimum Gasteiger partial charge on any atom is -0.443 e. The second kappa shape index (κ2) is 3.37. The van der Waals surface area contributed by atoms with Crippen LogP contribution in [-0.2, 0) is 4.74 Å². The van der Waals surface area contributed by atoms with Crippen molar-refractivity contribution in [1.29, 1.82) is 0 Å². The molecule has 1 aliphatic rings. The highest BCUT2D eigenvalue weighted by Gasteiger charge is 2.32. The molecule has 1 aliphatic heterocycles. The predicted octanol–water partition coefficient (Wildman–Crippen LogP) is 1.39. The molecule has 1 aromatic heterocycles. The fourth-order valence-corrected chi connectivity index (χ4v) is 1.47. The van der Waals surface area contributed by atoms with Gasteiger partial charge in [-0.15, -0.1) is 0 Å². The van der Waals surface area contributed by atoms with Crippen LogP contribution in [0.3, 0.4) is 0 Å². The normalized spacial score (nSPS) is 22.1. The number of carbonyl (C=O) groups excluding carboxylic acids is 1. The number of anilines is 1. The maximum Gasteiger partial charge on any atom is 0.416 e. The SMILES string of the molecule is O=C1OC(CBr)CN1c1ccon1. The Hall–Kier alpha value is -1.04. The zero-order valence-corrected chi connectivity index (χ0v) is 8.23. The van der Waals surface area contributed by atoms with E-state index in [1.165, 1.54) is 11.2 Å². The first-order chi connectivity index (χ1) is 6.31. The van der Waals surface area contributed by atoms with E-state index >= 15 is 0 Å². The summed E-state index contributed by atoms with van der Waals surface area (Å²) >= 11 is 3.25. The summed E-state index contributed by atoms with van der Waals surface area (Å²) in [7, 11) is 0. The number of carbonyl (C=O) groups is 1. The van der Waals surface area contributed by atoms with Crippen LogP contribution in [0.2, 0.25) is 0 Å². The van der Waals surface area contributed by atoms with E-state index in [1.54, 1.807) is 6.07 Å². The molecule has 0 radical (unpaired) electrons. The summed E-state index contributed by atoms with van der Waals surface area (Å²) in [6.07, 6.45) is 0.937. The van der Waals surface area contributed by atoms with Crippen LogP contribution in [-0.4, -0.2) is 29.2 Å². The van der Waals surface area contributed by atoms with Crippen molar-refractivity contribution in [3.63, 3.8) is 0 Å². The third-order valence-electron chi connectivity index (χ3n) is 1.75. The molecule has 0 N–H and O–H groups in total. The molecule has 2 heterocycles. The first-order valence-corrected chi connectivity index (χ1v) is 4.88. The topological polar surface area (TPSA) is 55.6 Å². The number of hydrogen-bond donors (Lipinski definition) is 0. The van der Waals surface area contributed by atoms with Crippen molar-refractivity contribution in [2.24, 2.45) is 0 Å². The number of rotatable bonds is 2. The Morgan fingerprint density at radius 2 is 2.62 bits per heavy atom. The molecule has 1 saturated heterocycles. The second-order valence-corrected chi connectivity index (χ2v) is 3.28. The molecule has 1 unspecified atom stereocenters. The highest BCUT2D eigenvalue weighted by atomic mass is 79.9. The van der Waals surface area contributed by atoms with E-state index in [9.17, 15) is 4.79 Å². The molecule has 13 heavy (non-hydrogen) atoms. The third-order valence-corrected chi connectivity index (χ3v) is 2.47. The molecular weight excluding hydrogens is 240 g/mol. The van der Waals surface area contributed by atoms with Crippen LogP contribution in [0.1, 0.15) is 0 Å². The maximum atomic E-state index is 11.2.